The third-order valence-corrected chi connectivity index (χ3v) is 6.32. The molecule has 0 saturated heterocycles. The molecule has 1 amide bonds. The zero-order chi connectivity index (χ0) is 18.5. The summed E-state index contributed by atoms with van der Waals surface area (Å²) in [6.07, 6.45) is 7.80. The number of rotatable bonds is 6. The van der Waals surface area contributed by atoms with Crippen molar-refractivity contribution < 1.29 is 22.3 Å². The van der Waals surface area contributed by atoms with Gasteiger partial charge in [0.1, 0.15) is 11.6 Å². The Bertz CT molecular complexity index is 834. The van der Waals surface area contributed by atoms with E-state index < -0.39 is 21.7 Å². The highest BCUT2D eigenvalue weighted by Gasteiger charge is 2.42. The lowest BCUT2D eigenvalue weighted by molar-refractivity contribution is 0.0977. The molecule has 3 aliphatic rings. The lowest BCUT2D eigenvalue weighted by Crippen LogP contribution is -2.30. The van der Waals surface area contributed by atoms with Crippen LogP contribution in [0.5, 0.6) is 5.75 Å². The molecule has 0 spiro atoms. The Balaban J connectivity index is 1.51. The fourth-order valence-corrected chi connectivity index (χ4v) is 4.56. The SMILES string of the molecule is CS(=O)(=O)NC(=O)c1cc(C2CC2)c(OCC2CC[C@H]3C[C@H]3C2)cc1F. The molecule has 4 rings (SSSR count). The van der Waals surface area contributed by atoms with Gasteiger partial charge in [-0.2, -0.15) is 0 Å². The summed E-state index contributed by atoms with van der Waals surface area (Å²) in [7, 11) is -3.74. The van der Waals surface area contributed by atoms with Gasteiger partial charge < -0.3 is 4.74 Å². The van der Waals surface area contributed by atoms with Crippen LogP contribution in [-0.4, -0.2) is 27.2 Å². The van der Waals surface area contributed by atoms with Gasteiger partial charge in [0.05, 0.1) is 18.4 Å². The second kappa shape index (κ2) is 6.51. The summed E-state index contributed by atoms with van der Waals surface area (Å²) in [5.74, 6) is 1.37. The van der Waals surface area contributed by atoms with E-state index in [1.807, 2.05) is 4.72 Å². The molecule has 0 aromatic heterocycles. The molecule has 1 aromatic rings. The monoisotopic (exact) mass is 381 g/mol. The number of carbonyl (C=O) groups excluding carboxylic acids is 1. The van der Waals surface area contributed by atoms with E-state index in [-0.39, 0.29) is 11.5 Å². The molecule has 1 unspecified atom stereocenters. The van der Waals surface area contributed by atoms with Crippen LogP contribution in [0.2, 0.25) is 0 Å². The fraction of sp³-hybridized carbons (Fsp3) is 0.632. The molecule has 3 fully saturated rings. The molecule has 1 N–H and O–H groups in total. The third kappa shape index (κ3) is 4.03. The van der Waals surface area contributed by atoms with Gasteiger partial charge in [-0.15, -0.1) is 0 Å². The van der Waals surface area contributed by atoms with E-state index in [0.29, 0.717) is 18.3 Å². The molecule has 7 heteroatoms. The van der Waals surface area contributed by atoms with Crippen LogP contribution in [0.15, 0.2) is 12.1 Å². The number of halogens is 1. The zero-order valence-electron chi connectivity index (χ0n) is 14.8. The number of hydrogen-bond donors (Lipinski definition) is 1. The highest BCUT2D eigenvalue weighted by Crippen LogP contribution is 2.51. The number of carbonyl (C=O) groups is 1. The number of sulfonamides is 1. The van der Waals surface area contributed by atoms with Gasteiger partial charge in [0.15, 0.2) is 0 Å². The predicted octanol–water partition coefficient (Wildman–Crippen LogP) is 3.21. The summed E-state index contributed by atoms with van der Waals surface area (Å²) in [5, 5.41) is 0. The van der Waals surface area contributed by atoms with Crippen molar-refractivity contribution in [3.63, 3.8) is 0 Å². The standard InChI is InChI=1S/C19H24FNO4S/c1-26(23,24)21-19(22)16-8-15(12-4-5-12)18(9-17(16)20)25-10-11-2-3-13-7-14(13)6-11/h8-9,11-14H,2-7,10H2,1H3,(H,21,22)/t11?,13-,14+/m0/s1. The first kappa shape index (κ1) is 17.8. The minimum absolute atomic E-state index is 0.247. The first-order chi connectivity index (χ1) is 12.3. The molecule has 1 aromatic carbocycles. The van der Waals surface area contributed by atoms with Crippen LogP contribution in [0.1, 0.15) is 60.4 Å². The maximum absolute atomic E-state index is 14.4. The van der Waals surface area contributed by atoms with Crippen LogP contribution in [0.25, 0.3) is 0 Å². The summed E-state index contributed by atoms with van der Waals surface area (Å²) in [6, 6.07) is 2.70. The lowest BCUT2D eigenvalue weighted by atomic mass is 9.90. The first-order valence-corrected chi connectivity index (χ1v) is 11.2. The maximum Gasteiger partial charge on any atom is 0.267 e. The molecular formula is C19H24FNO4S. The van der Waals surface area contributed by atoms with Gasteiger partial charge in [-0.1, -0.05) is 0 Å². The normalized spacial score (nSPS) is 27.5. The number of nitrogens with one attached hydrogen (secondary N) is 1. The van der Waals surface area contributed by atoms with Crippen molar-refractivity contribution in [1.82, 2.24) is 4.72 Å². The van der Waals surface area contributed by atoms with Crippen LogP contribution >= 0.6 is 0 Å². The highest BCUT2D eigenvalue weighted by atomic mass is 32.2. The fourth-order valence-electron chi connectivity index (χ4n) is 4.11. The van der Waals surface area contributed by atoms with E-state index in [4.69, 9.17) is 4.74 Å². The van der Waals surface area contributed by atoms with E-state index in [1.165, 1.54) is 31.4 Å². The van der Waals surface area contributed by atoms with Gasteiger partial charge in [-0.3, -0.25) is 4.79 Å². The first-order valence-electron chi connectivity index (χ1n) is 9.28. The van der Waals surface area contributed by atoms with Crippen molar-refractivity contribution >= 4 is 15.9 Å². The van der Waals surface area contributed by atoms with Gasteiger partial charge in [0.25, 0.3) is 5.91 Å². The zero-order valence-corrected chi connectivity index (χ0v) is 15.6. The topological polar surface area (TPSA) is 72.5 Å². The van der Waals surface area contributed by atoms with Crippen molar-refractivity contribution in [2.24, 2.45) is 17.8 Å². The van der Waals surface area contributed by atoms with Gasteiger partial charge >= 0.3 is 0 Å². The number of ether oxygens (including phenoxy) is 1. The van der Waals surface area contributed by atoms with Gasteiger partial charge in [0, 0.05) is 6.07 Å². The van der Waals surface area contributed by atoms with Crippen molar-refractivity contribution in [2.45, 2.75) is 44.4 Å². The number of amides is 1. The van der Waals surface area contributed by atoms with E-state index >= 15 is 0 Å². The van der Waals surface area contributed by atoms with Gasteiger partial charge in [-0.25, -0.2) is 17.5 Å². The largest absolute Gasteiger partial charge is 0.493 e. The number of benzene rings is 1. The minimum Gasteiger partial charge on any atom is -0.493 e. The van der Waals surface area contributed by atoms with Crippen LogP contribution in [0, 0.1) is 23.6 Å². The maximum atomic E-state index is 14.4. The Morgan fingerprint density at radius 2 is 1.96 bits per heavy atom. The van der Waals surface area contributed by atoms with Crippen LogP contribution in [0.3, 0.4) is 0 Å². The van der Waals surface area contributed by atoms with Crippen molar-refractivity contribution in [3.8, 4) is 5.75 Å². The Kier molecular flexibility index (Phi) is 4.45. The molecule has 26 heavy (non-hydrogen) atoms. The third-order valence-electron chi connectivity index (χ3n) is 5.76. The van der Waals surface area contributed by atoms with E-state index in [9.17, 15) is 17.6 Å². The molecule has 0 radical (unpaired) electrons. The van der Waals surface area contributed by atoms with Crippen LogP contribution in [0.4, 0.5) is 4.39 Å². The summed E-state index contributed by atoms with van der Waals surface area (Å²) >= 11 is 0. The predicted molar refractivity (Wildman–Crippen MR) is 95.1 cm³/mol. The average molecular weight is 381 g/mol. The van der Waals surface area contributed by atoms with E-state index in [2.05, 4.69) is 0 Å². The van der Waals surface area contributed by atoms with Gasteiger partial charge in [-0.05, 0) is 73.8 Å². The molecule has 0 heterocycles. The molecule has 3 saturated carbocycles. The minimum atomic E-state index is -3.74. The Morgan fingerprint density at radius 3 is 2.62 bits per heavy atom. The second-order valence-corrected chi connectivity index (χ2v) is 9.84. The summed E-state index contributed by atoms with van der Waals surface area (Å²) in [6.45, 7) is 0.581. The van der Waals surface area contributed by atoms with E-state index in [0.717, 1.165) is 42.9 Å². The summed E-state index contributed by atoms with van der Waals surface area (Å²) < 4.78 is 44.7. The van der Waals surface area contributed by atoms with Crippen molar-refractivity contribution in [1.29, 1.82) is 0 Å². The number of fused-ring (bicyclic) bond motifs is 1. The molecule has 0 bridgehead atoms. The van der Waals surface area contributed by atoms with Crippen molar-refractivity contribution in [3.05, 3.63) is 29.1 Å². The van der Waals surface area contributed by atoms with Crippen molar-refractivity contribution in [2.75, 3.05) is 12.9 Å². The summed E-state index contributed by atoms with van der Waals surface area (Å²) in [5.41, 5.74) is 0.563. The van der Waals surface area contributed by atoms with Crippen LogP contribution < -0.4 is 9.46 Å². The Hall–Kier alpha value is -1.63. The molecule has 5 nitrogen and oxygen atoms in total. The Morgan fingerprint density at radius 1 is 1.19 bits per heavy atom. The van der Waals surface area contributed by atoms with Crippen LogP contribution in [-0.2, 0) is 10.0 Å². The quantitative estimate of drug-likeness (QED) is 0.821. The molecular weight excluding hydrogens is 357 g/mol. The van der Waals surface area contributed by atoms with Gasteiger partial charge in [0.2, 0.25) is 10.0 Å². The molecule has 3 atom stereocenters. The second-order valence-electron chi connectivity index (χ2n) is 8.09. The molecule has 3 aliphatic carbocycles. The average Bonchev–Trinajstić information content (AvgIpc) is 3.43. The smallest absolute Gasteiger partial charge is 0.267 e. The lowest BCUT2D eigenvalue weighted by Gasteiger charge is -2.22. The Labute approximate surface area is 153 Å². The van der Waals surface area contributed by atoms with E-state index in [1.54, 1.807) is 0 Å². The molecule has 0 aliphatic heterocycles. The molecule has 142 valence electrons. The summed E-state index contributed by atoms with van der Waals surface area (Å²) in [4.78, 5) is 12.1. The number of hydrogen-bond acceptors (Lipinski definition) is 4. The highest BCUT2D eigenvalue weighted by molar-refractivity contribution is 7.89.